The Morgan fingerprint density at radius 1 is 1.22 bits per heavy atom. The van der Waals surface area contributed by atoms with E-state index >= 15 is 0 Å². The van der Waals surface area contributed by atoms with Gasteiger partial charge in [0.2, 0.25) is 0 Å². The predicted octanol–water partition coefficient (Wildman–Crippen LogP) is 4.93. The molecule has 0 atom stereocenters. The summed E-state index contributed by atoms with van der Waals surface area (Å²) in [5, 5.41) is 0. The summed E-state index contributed by atoms with van der Waals surface area (Å²) in [6.45, 7) is 9.42. The van der Waals surface area contributed by atoms with Gasteiger partial charge in [-0.15, -0.1) is 0 Å². The van der Waals surface area contributed by atoms with E-state index in [1.54, 1.807) is 0 Å². The molecule has 1 aromatic carbocycles. The molecular weight excluding hydrogens is 227 g/mol. The lowest BCUT2D eigenvalue weighted by Gasteiger charge is -2.13. The Bertz CT molecular complexity index is 465. The fraction of sp³-hybridized carbons (Fsp3) is 0.250. The van der Waals surface area contributed by atoms with Crippen molar-refractivity contribution in [2.24, 2.45) is 0 Å². The highest BCUT2D eigenvalue weighted by Crippen LogP contribution is 2.19. The third kappa shape index (κ3) is 4.58. The quantitative estimate of drug-likeness (QED) is 0.529. The lowest BCUT2D eigenvalue weighted by molar-refractivity contribution is 0.203. The number of allylic oxidation sites excluding steroid dienone is 4. The molecule has 1 aromatic rings. The molecule has 0 amide bonds. The molecular formula is C16H19FO. The fourth-order valence-electron chi connectivity index (χ4n) is 1.68. The Labute approximate surface area is 108 Å². The van der Waals surface area contributed by atoms with Gasteiger partial charge in [-0.25, -0.2) is 4.39 Å². The fourth-order valence-corrected chi connectivity index (χ4v) is 1.68. The lowest BCUT2D eigenvalue weighted by Crippen LogP contribution is -1.97. The van der Waals surface area contributed by atoms with Crippen molar-refractivity contribution in [3.8, 4) is 0 Å². The van der Waals surface area contributed by atoms with E-state index in [1.165, 1.54) is 6.08 Å². The van der Waals surface area contributed by atoms with Gasteiger partial charge in [-0.3, -0.25) is 0 Å². The molecule has 0 N–H and O–H groups in total. The van der Waals surface area contributed by atoms with Crippen LogP contribution >= 0.6 is 0 Å². The second-order valence-electron chi connectivity index (χ2n) is 4.38. The zero-order chi connectivity index (χ0) is 13.5. The first-order valence-corrected chi connectivity index (χ1v) is 5.88. The molecule has 2 heteroatoms. The molecule has 0 spiro atoms. The van der Waals surface area contributed by atoms with E-state index in [0.717, 1.165) is 22.5 Å². The van der Waals surface area contributed by atoms with Crippen LogP contribution in [0.1, 0.15) is 26.3 Å². The summed E-state index contributed by atoms with van der Waals surface area (Å²) in [6.07, 6.45) is 1.38. The molecule has 18 heavy (non-hydrogen) atoms. The molecule has 0 unspecified atom stereocenters. The van der Waals surface area contributed by atoms with Crippen LogP contribution < -0.4 is 0 Å². The minimum absolute atomic E-state index is 0.463. The second-order valence-corrected chi connectivity index (χ2v) is 4.38. The zero-order valence-corrected chi connectivity index (χ0v) is 11.2. The van der Waals surface area contributed by atoms with Gasteiger partial charge in [0.25, 0.3) is 0 Å². The molecule has 0 saturated carbocycles. The smallest absolute Gasteiger partial charge is 0.121 e. The van der Waals surface area contributed by atoms with Crippen LogP contribution in [0.2, 0.25) is 0 Å². The van der Waals surface area contributed by atoms with Gasteiger partial charge in [0, 0.05) is 0 Å². The van der Waals surface area contributed by atoms with Crippen molar-refractivity contribution >= 4 is 0 Å². The normalized spacial score (nSPS) is 11.0. The molecule has 0 bridgehead atoms. The first kappa shape index (κ1) is 14.2. The molecule has 0 aliphatic rings. The highest BCUT2D eigenvalue weighted by Gasteiger charge is 2.05. The number of benzene rings is 1. The van der Waals surface area contributed by atoms with Crippen LogP contribution in [0, 0.1) is 0 Å². The van der Waals surface area contributed by atoms with Crippen LogP contribution in [0.25, 0.3) is 0 Å². The SMILES string of the molecule is C=C(F)/C=C(\C)C(OCc1ccccc1)=C(C)C. The Balaban J connectivity index is 2.78. The highest BCUT2D eigenvalue weighted by atomic mass is 19.1. The lowest BCUT2D eigenvalue weighted by atomic mass is 10.1. The van der Waals surface area contributed by atoms with Crippen molar-refractivity contribution in [2.45, 2.75) is 27.4 Å². The predicted molar refractivity (Wildman–Crippen MR) is 73.6 cm³/mol. The maximum atomic E-state index is 12.8. The van der Waals surface area contributed by atoms with Crippen LogP contribution in [-0.4, -0.2) is 0 Å². The third-order valence-electron chi connectivity index (χ3n) is 2.41. The van der Waals surface area contributed by atoms with Gasteiger partial charge in [0.1, 0.15) is 18.2 Å². The molecule has 0 aliphatic heterocycles. The number of halogens is 1. The van der Waals surface area contributed by atoms with Gasteiger partial charge in [0.15, 0.2) is 0 Å². The van der Waals surface area contributed by atoms with E-state index in [9.17, 15) is 4.39 Å². The first-order valence-electron chi connectivity index (χ1n) is 5.88. The molecule has 0 heterocycles. The Hall–Kier alpha value is -1.83. The summed E-state index contributed by atoms with van der Waals surface area (Å²) < 4.78 is 18.5. The molecule has 0 aromatic heterocycles. The van der Waals surface area contributed by atoms with Crippen molar-refractivity contribution in [1.82, 2.24) is 0 Å². The molecule has 1 nitrogen and oxygen atoms in total. The molecule has 1 rings (SSSR count). The topological polar surface area (TPSA) is 9.23 Å². The molecule has 0 radical (unpaired) electrons. The highest BCUT2D eigenvalue weighted by molar-refractivity contribution is 5.32. The van der Waals surface area contributed by atoms with Crippen LogP contribution in [0.15, 0.2) is 65.7 Å². The van der Waals surface area contributed by atoms with Crippen molar-refractivity contribution in [3.05, 3.63) is 71.3 Å². The average Bonchev–Trinajstić information content (AvgIpc) is 2.29. The number of ether oxygens (including phenoxy) is 1. The zero-order valence-electron chi connectivity index (χ0n) is 11.2. The largest absolute Gasteiger partial charge is 0.489 e. The summed E-state index contributed by atoms with van der Waals surface area (Å²) >= 11 is 0. The van der Waals surface area contributed by atoms with Gasteiger partial charge in [0.05, 0.1) is 0 Å². The van der Waals surface area contributed by atoms with Crippen LogP contribution in [0.4, 0.5) is 4.39 Å². The van der Waals surface area contributed by atoms with E-state index in [0.29, 0.717) is 6.61 Å². The Morgan fingerprint density at radius 2 is 1.83 bits per heavy atom. The van der Waals surface area contributed by atoms with Crippen molar-refractivity contribution < 1.29 is 9.13 Å². The monoisotopic (exact) mass is 246 g/mol. The number of hydrogen-bond acceptors (Lipinski definition) is 1. The molecule has 96 valence electrons. The first-order chi connectivity index (χ1) is 8.50. The van der Waals surface area contributed by atoms with Crippen LogP contribution in [-0.2, 0) is 11.3 Å². The Morgan fingerprint density at radius 3 is 2.33 bits per heavy atom. The van der Waals surface area contributed by atoms with Crippen molar-refractivity contribution in [3.63, 3.8) is 0 Å². The summed E-state index contributed by atoms with van der Waals surface area (Å²) in [7, 11) is 0. The summed E-state index contributed by atoms with van der Waals surface area (Å²) in [4.78, 5) is 0. The van der Waals surface area contributed by atoms with Crippen LogP contribution in [0.5, 0.6) is 0 Å². The van der Waals surface area contributed by atoms with Gasteiger partial charge >= 0.3 is 0 Å². The van der Waals surface area contributed by atoms with Crippen molar-refractivity contribution in [1.29, 1.82) is 0 Å². The number of rotatable bonds is 5. The van der Waals surface area contributed by atoms with E-state index < -0.39 is 5.83 Å². The molecule has 0 aliphatic carbocycles. The minimum atomic E-state index is -0.463. The summed E-state index contributed by atoms with van der Waals surface area (Å²) in [5.41, 5.74) is 2.85. The van der Waals surface area contributed by atoms with Crippen LogP contribution in [0.3, 0.4) is 0 Å². The number of hydrogen-bond donors (Lipinski definition) is 0. The molecule has 0 saturated heterocycles. The van der Waals surface area contributed by atoms with Gasteiger partial charge in [-0.2, -0.15) is 0 Å². The molecule has 0 fully saturated rings. The van der Waals surface area contributed by atoms with Gasteiger partial charge in [-0.1, -0.05) is 36.9 Å². The maximum Gasteiger partial charge on any atom is 0.121 e. The van der Waals surface area contributed by atoms with Crippen molar-refractivity contribution in [2.75, 3.05) is 0 Å². The van der Waals surface area contributed by atoms with Gasteiger partial charge < -0.3 is 4.74 Å². The standard InChI is InChI=1S/C16H19FO/c1-12(2)16(13(3)10-14(4)17)18-11-15-8-6-5-7-9-15/h5-10H,4,11H2,1-3H3/b13-10+. The van der Waals surface area contributed by atoms with E-state index in [1.807, 2.05) is 51.1 Å². The van der Waals surface area contributed by atoms with E-state index in [2.05, 4.69) is 6.58 Å². The van der Waals surface area contributed by atoms with Gasteiger partial charge in [-0.05, 0) is 43.6 Å². The van der Waals surface area contributed by atoms with E-state index in [4.69, 9.17) is 4.74 Å². The third-order valence-corrected chi connectivity index (χ3v) is 2.41. The minimum Gasteiger partial charge on any atom is -0.489 e. The summed E-state index contributed by atoms with van der Waals surface area (Å²) in [5.74, 6) is 0.257. The summed E-state index contributed by atoms with van der Waals surface area (Å²) in [6, 6.07) is 9.88. The Kier molecular flexibility index (Phi) is 5.37. The average molecular weight is 246 g/mol. The van der Waals surface area contributed by atoms with E-state index in [-0.39, 0.29) is 0 Å². The maximum absolute atomic E-state index is 12.8. The second kappa shape index (κ2) is 6.80.